The first-order valence-corrected chi connectivity index (χ1v) is 11.3. The largest absolute Gasteiger partial charge is 1.00 e. The molecule has 0 fully saturated rings. The van der Waals surface area contributed by atoms with Crippen molar-refractivity contribution >= 4 is 49.9 Å². The van der Waals surface area contributed by atoms with Gasteiger partial charge in [0.05, 0.1) is 0 Å². The van der Waals surface area contributed by atoms with Gasteiger partial charge in [0.2, 0.25) is 0 Å². The van der Waals surface area contributed by atoms with Crippen molar-refractivity contribution in [2.45, 2.75) is 48.5 Å². The van der Waals surface area contributed by atoms with Gasteiger partial charge in [-0.25, -0.2) is 0 Å². The van der Waals surface area contributed by atoms with Gasteiger partial charge in [-0.2, -0.15) is 29.8 Å². The van der Waals surface area contributed by atoms with Gasteiger partial charge in [-0.05, 0) is 108 Å². The average molecular weight is 484 g/mol. The van der Waals surface area contributed by atoms with E-state index in [9.17, 15) is 0 Å². The van der Waals surface area contributed by atoms with Crippen LogP contribution >= 0.6 is 49.9 Å². The molecule has 26 heavy (non-hydrogen) atoms. The molecule has 3 aromatic rings. The Balaban J connectivity index is 0. The number of aryl methyl sites for hydroxylation is 5. The van der Waals surface area contributed by atoms with Crippen LogP contribution in [-0.2, 0) is 0 Å². The third kappa shape index (κ3) is 10.2. The van der Waals surface area contributed by atoms with Crippen molar-refractivity contribution in [2.75, 3.05) is 7.11 Å². The summed E-state index contributed by atoms with van der Waals surface area (Å²) in [5.41, 5.74) is 7.08. The summed E-state index contributed by atoms with van der Waals surface area (Å²) in [4.78, 5) is 2.93. The molecule has 3 heterocycles. The Labute approximate surface area is 201 Å². The summed E-state index contributed by atoms with van der Waals surface area (Å²) in [6, 6.07) is 0. The predicted octanol–water partition coefficient (Wildman–Crippen LogP) is 4.15. The quantitative estimate of drug-likeness (QED) is 0.441. The Kier molecular flexibility index (Phi) is 17.1. The van der Waals surface area contributed by atoms with Crippen LogP contribution < -0.4 is 34.7 Å². The van der Waals surface area contributed by atoms with Crippen molar-refractivity contribution in [3.8, 4) is 0 Å². The van der Waals surface area contributed by atoms with Crippen LogP contribution in [0, 0.1) is 48.5 Å². The summed E-state index contributed by atoms with van der Waals surface area (Å²) in [7, 11) is 0.750. The van der Waals surface area contributed by atoms with Crippen molar-refractivity contribution in [3.63, 3.8) is 0 Å². The molecule has 0 saturated carbocycles. The van der Waals surface area contributed by atoms with Crippen LogP contribution in [0.15, 0.2) is 26.0 Å². The number of halogens is 1. The molecular weight excluding hydrogens is 455 g/mol. The maximum absolute atomic E-state index is 8.25. The van der Waals surface area contributed by atoms with Crippen LogP contribution in [0.25, 0.3) is 0 Å². The molecular formula is C20H28BrNaOS3. The van der Waals surface area contributed by atoms with E-state index in [0.29, 0.717) is 0 Å². The maximum atomic E-state index is 8.25. The number of hydrogen-bond donors (Lipinski definition) is 0. The molecule has 0 unspecified atom stereocenters. The smallest absolute Gasteiger partial charge is 0.857 e. The second kappa shape index (κ2) is 15.5. The van der Waals surface area contributed by atoms with Gasteiger partial charge >= 0.3 is 29.6 Å². The Hall–Kier alpha value is 0.540. The first-order chi connectivity index (χ1) is 11.7. The van der Waals surface area contributed by atoms with Crippen LogP contribution in [-0.4, -0.2) is 7.11 Å². The van der Waals surface area contributed by atoms with Gasteiger partial charge in [-0.1, -0.05) is 0 Å². The van der Waals surface area contributed by atoms with Crippen LogP contribution in [0.3, 0.4) is 0 Å². The summed E-state index contributed by atoms with van der Waals surface area (Å²) in [5.74, 6) is 0. The third-order valence-electron chi connectivity index (χ3n) is 3.83. The molecule has 0 atom stereocenters. The molecule has 0 amide bonds. The van der Waals surface area contributed by atoms with Gasteiger partial charge in [-0.15, -0.1) is 11.3 Å². The van der Waals surface area contributed by atoms with E-state index < -0.39 is 0 Å². The first-order valence-electron chi connectivity index (χ1n) is 7.85. The monoisotopic (exact) mass is 482 g/mol. The molecule has 3 aromatic heterocycles. The SMILES string of the molecule is C[O-].Cc1cscc1Br.Cc1cscc1C.Cc1sc(C)c(C)c1C.[Na+]. The van der Waals surface area contributed by atoms with E-state index in [1.807, 2.05) is 11.3 Å². The standard InChI is InChI=1S/C8H12S.C6H8S.C5H5BrS.CH3O.Na/c1-5-6(2)8(4)9-7(5)3;1-5-3-7-4-6(5)2;1-4-2-7-3-5(4)6;1-2;/h1-4H3;3-4H,1-2H3;2-3H,1H3;1H3;/q;;;-1;+1. The van der Waals surface area contributed by atoms with E-state index in [-0.39, 0.29) is 29.6 Å². The van der Waals surface area contributed by atoms with Crippen molar-refractivity contribution in [1.82, 2.24) is 0 Å². The molecule has 0 N–H and O–H groups in total. The van der Waals surface area contributed by atoms with E-state index in [1.54, 1.807) is 22.7 Å². The molecule has 0 spiro atoms. The first kappa shape index (κ1) is 28.7. The van der Waals surface area contributed by atoms with Crippen LogP contribution in [0.2, 0.25) is 0 Å². The van der Waals surface area contributed by atoms with Gasteiger partial charge in [0, 0.05) is 19.6 Å². The summed E-state index contributed by atoms with van der Waals surface area (Å²) in [5, 5.41) is 16.8. The van der Waals surface area contributed by atoms with Gasteiger partial charge < -0.3 is 5.11 Å². The van der Waals surface area contributed by atoms with Crippen molar-refractivity contribution in [1.29, 1.82) is 0 Å². The van der Waals surface area contributed by atoms with Crippen molar-refractivity contribution < 1.29 is 34.7 Å². The van der Waals surface area contributed by atoms with Crippen molar-refractivity contribution in [2.24, 2.45) is 0 Å². The molecule has 0 aliphatic heterocycles. The number of thiophene rings is 3. The molecule has 0 radical (unpaired) electrons. The minimum atomic E-state index is 0. The normalized spacial score (nSPS) is 8.85. The van der Waals surface area contributed by atoms with E-state index in [2.05, 4.69) is 85.9 Å². The molecule has 6 heteroatoms. The van der Waals surface area contributed by atoms with Crippen molar-refractivity contribution in [3.05, 3.63) is 63.6 Å². The Morgan fingerprint density at radius 1 is 0.654 bits per heavy atom. The fourth-order valence-electron chi connectivity index (χ4n) is 1.68. The molecule has 0 aliphatic carbocycles. The summed E-state index contributed by atoms with van der Waals surface area (Å²) in [6.07, 6.45) is 0. The topological polar surface area (TPSA) is 23.1 Å². The van der Waals surface area contributed by atoms with E-state index in [4.69, 9.17) is 5.11 Å². The Morgan fingerprint density at radius 2 is 1.00 bits per heavy atom. The molecule has 140 valence electrons. The Bertz CT molecular complexity index is 650. The molecule has 3 rings (SSSR count). The second-order valence-corrected chi connectivity index (χ2v) is 9.38. The second-order valence-electron chi connectivity index (χ2n) is 5.60. The van der Waals surface area contributed by atoms with E-state index in [0.717, 1.165) is 7.11 Å². The summed E-state index contributed by atoms with van der Waals surface area (Å²) < 4.78 is 1.22. The van der Waals surface area contributed by atoms with Crippen LogP contribution in [0.4, 0.5) is 0 Å². The summed E-state index contributed by atoms with van der Waals surface area (Å²) in [6.45, 7) is 15.1. The fraction of sp³-hybridized carbons (Fsp3) is 0.400. The van der Waals surface area contributed by atoms with Gasteiger partial charge in [0.1, 0.15) is 0 Å². The number of hydrogen-bond acceptors (Lipinski definition) is 4. The van der Waals surface area contributed by atoms with Gasteiger partial charge in [-0.3, -0.25) is 0 Å². The van der Waals surface area contributed by atoms with Gasteiger partial charge in [0.25, 0.3) is 0 Å². The van der Waals surface area contributed by atoms with Crippen LogP contribution in [0.1, 0.15) is 37.6 Å². The fourth-order valence-corrected chi connectivity index (χ4v) is 4.89. The molecule has 1 nitrogen and oxygen atoms in total. The molecule has 0 bridgehead atoms. The predicted molar refractivity (Wildman–Crippen MR) is 120 cm³/mol. The molecule has 0 aromatic carbocycles. The maximum Gasteiger partial charge on any atom is 1.00 e. The zero-order chi connectivity index (χ0) is 19.6. The van der Waals surface area contributed by atoms with Crippen LogP contribution in [0.5, 0.6) is 0 Å². The third-order valence-corrected chi connectivity index (χ3v) is 8.05. The van der Waals surface area contributed by atoms with E-state index in [1.165, 1.54) is 42.0 Å². The minimum absolute atomic E-state index is 0. The van der Waals surface area contributed by atoms with Gasteiger partial charge in [0.15, 0.2) is 0 Å². The minimum Gasteiger partial charge on any atom is -0.857 e. The zero-order valence-electron chi connectivity index (χ0n) is 17.3. The molecule has 0 aliphatic rings. The Morgan fingerprint density at radius 3 is 1.12 bits per heavy atom. The summed E-state index contributed by atoms with van der Waals surface area (Å²) >= 11 is 8.76. The number of rotatable bonds is 0. The zero-order valence-corrected chi connectivity index (χ0v) is 23.4. The molecule has 0 saturated heterocycles. The average Bonchev–Trinajstić information content (AvgIpc) is 3.22. The van der Waals surface area contributed by atoms with E-state index >= 15 is 0 Å².